The number of aromatic nitrogens is 3. The van der Waals surface area contributed by atoms with Crippen molar-refractivity contribution in [2.75, 3.05) is 17.3 Å². The van der Waals surface area contributed by atoms with E-state index in [-0.39, 0.29) is 11.6 Å². The van der Waals surface area contributed by atoms with Gasteiger partial charge in [0.05, 0.1) is 17.3 Å². The van der Waals surface area contributed by atoms with Crippen molar-refractivity contribution in [2.24, 2.45) is 7.05 Å². The topological polar surface area (TPSA) is 80.0 Å². The summed E-state index contributed by atoms with van der Waals surface area (Å²) in [6.45, 7) is 2.02. The van der Waals surface area contributed by atoms with Crippen LogP contribution in [-0.4, -0.2) is 43.9 Å². The number of pyridine rings is 1. The van der Waals surface area contributed by atoms with E-state index in [1.807, 2.05) is 13.2 Å². The van der Waals surface area contributed by atoms with E-state index in [0.29, 0.717) is 11.3 Å². The lowest BCUT2D eigenvalue weighted by Crippen LogP contribution is -2.20. The highest BCUT2D eigenvalue weighted by Gasteiger charge is 2.18. The Morgan fingerprint density at radius 3 is 2.95 bits per heavy atom. The maximum absolute atomic E-state index is 11.3. The van der Waals surface area contributed by atoms with Gasteiger partial charge in [-0.05, 0) is 13.2 Å². The van der Waals surface area contributed by atoms with Crippen LogP contribution in [0.5, 0.6) is 0 Å². The van der Waals surface area contributed by atoms with Gasteiger partial charge in [-0.25, -0.2) is 9.78 Å². The Morgan fingerprint density at radius 2 is 2.32 bits per heavy atom. The molecule has 0 fully saturated rings. The van der Waals surface area contributed by atoms with Gasteiger partial charge in [0.2, 0.25) is 0 Å². The molecule has 0 aliphatic rings. The number of hydrogen-bond donors (Lipinski definition) is 2. The fraction of sp³-hybridized carbons (Fsp3) is 0.417. The Bertz CT molecular complexity index is 611. The largest absolute Gasteiger partial charge is 0.478 e. The quantitative estimate of drug-likeness (QED) is 0.869. The summed E-state index contributed by atoms with van der Waals surface area (Å²) < 4.78 is 1.63. The number of aryl methyl sites for hydroxylation is 1. The van der Waals surface area contributed by atoms with E-state index < -0.39 is 5.97 Å². The van der Waals surface area contributed by atoms with Gasteiger partial charge in [0.25, 0.3) is 0 Å². The van der Waals surface area contributed by atoms with Crippen LogP contribution in [0, 0.1) is 0 Å². The lowest BCUT2D eigenvalue weighted by Gasteiger charge is -2.16. The van der Waals surface area contributed by atoms with Crippen LogP contribution in [-0.2, 0) is 7.05 Å². The predicted molar refractivity (Wildman–Crippen MR) is 76.9 cm³/mol. The Morgan fingerprint density at radius 1 is 1.58 bits per heavy atom. The van der Waals surface area contributed by atoms with Crippen molar-refractivity contribution in [3.63, 3.8) is 0 Å². The second-order valence-corrected chi connectivity index (χ2v) is 5.27. The maximum atomic E-state index is 11.3. The summed E-state index contributed by atoms with van der Waals surface area (Å²) in [5, 5.41) is 17.4. The van der Waals surface area contributed by atoms with Gasteiger partial charge in [-0.3, -0.25) is 4.68 Å². The van der Waals surface area contributed by atoms with E-state index in [0.717, 1.165) is 11.1 Å². The fourth-order valence-electron chi connectivity index (χ4n) is 1.95. The van der Waals surface area contributed by atoms with E-state index >= 15 is 0 Å². The zero-order valence-corrected chi connectivity index (χ0v) is 11.9. The summed E-state index contributed by atoms with van der Waals surface area (Å²) >= 11 is 1.71. The highest BCUT2D eigenvalue weighted by atomic mass is 32.2. The molecule has 19 heavy (non-hydrogen) atoms. The lowest BCUT2D eigenvalue weighted by molar-refractivity contribution is 0.0697. The first-order valence-corrected chi connectivity index (χ1v) is 7.23. The standard InChI is InChI=1S/C12H16N4O2S/c1-7(6-19-3)15-10-8-5-14-16(2)11(8)13-4-9(10)12(17)18/h4-5,7H,6H2,1-3H3,(H,13,15)(H,17,18). The third-order valence-electron chi connectivity index (χ3n) is 2.80. The number of hydrogen-bond acceptors (Lipinski definition) is 5. The summed E-state index contributed by atoms with van der Waals surface area (Å²) in [5.74, 6) is -0.0968. The van der Waals surface area contributed by atoms with Crippen LogP contribution in [0.15, 0.2) is 12.4 Å². The molecule has 102 valence electrons. The first-order chi connectivity index (χ1) is 9.04. The molecule has 0 radical (unpaired) electrons. The van der Waals surface area contributed by atoms with Crippen molar-refractivity contribution in [2.45, 2.75) is 13.0 Å². The Kier molecular flexibility index (Phi) is 3.94. The molecule has 2 aromatic heterocycles. The van der Waals surface area contributed by atoms with E-state index in [2.05, 4.69) is 15.4 Å². The predicted octanol–water partition coefficient (Wildman–Crippen LogP) is 1.83. The van der Waals surface area contributed by atoms with Gasteiger partial charge in [-0.2, -0.15) is 16.9 Å². The van der Waals surface area contributed by atoms with Crippen molar-refractivity contribution >= 4 is 34.5 Å². The summed E-state index contributed by atoms with van der Waals surface area (Å²) in [6.07, 6.45) is 5.03. The minimum absolute atomic E-state index is 0.166. The first-order valence-electron chi connectivity index (χ1n) is 5.84. The minimum Gasteiger partial charge on any atom is -0.478 e. The Labute approximate surface area is 115 Å². The molecular formula is C12H16N4O2S. The van der Waals surface area contributed by atoms with Crippen LogP contribution < -0.4 is 5.32 Å². The van der Waals surface area contributed by atoms with Crippen LogP contribution in [0.4, 0.5) is 5.69 Å². The van der Waals surface area contributed by atoms with Crippen molar-refractivity contribution < 1.29 is 9.90 Å². The number of thioether (sulfide) groups is 1. The van der Waals surface area contributed by atoms with E-state index in [1.54, 1.807) is 29.7 Å². The van der Waals surface area contributed by atoms with Crippen LogP contribution in [0.3, 0.4) is 0 Å². The summed E-state index contributed by atoms with van der Waals surface area (Å²) in [5.41, 5.74) is 1.43. The van der Waals surface area contributed by atoms with Gasteiger partial charge in [0, 0.05) is 25.0 Å². The number of nitrogens with zero attached hydrogens (tertiary/aromatic N) is 3. The monoisotopic (exact) mass is 280 g/mol. The molecule has 0 saturated heterocycles. The molecule has 0 saturated carbocycles. The van der Waals surface area contributed by atoms with Crippen LogP contribution in [0.1, 0.15) is 17.3 Å². The number of fused-ring (bicyclic) bond motifs is 1. The second-order valence-electron chi connectivity index (χ2n) is 4.36. The van der Waals surface area contributed by atoms with Crippen molar-refractivity contribution in [3.8, 4) is 0 Å². The fourth-order valence-corrected chi connectivity index (χ4v) is 2.53. The number of nitrogens with one attached hydrogen (secondary N) is 1. The molecule has 7 heteroatoms. The van der Waals surface area contributed by atoms with Gasteiger partial charge < -0.3 is 10.4 Å². The smallest absolute Gasteiger partial charge is 0.339 e. The molecule has 0 aromatic carbocycles. The molecule has 0 aliphatic heterocycles. The van der Waals surface area contributed by atoms with Crippen molar-refractivity contribution in [3.05, 3.63) is 18.0 Å². The third-order valence-corrected chi connectivity index (χ3v) is 3.63. The average molecular weight is 280 g/mol. The van der Waals surface area contributed by atoms with E-state index in [4.69, 9.17) is 0 Å². The van der Waals surface area contributed by atoms with Crippen LogP contribution in [0.2, 0.25) is 0 Å². The first kappa shape index (κ1) is 13.7. The second kappa shape index (κ2) is 5.48. The van der Waals surface area contributed by atoms with Gasteiger partial charge in [-0.1, -0.05) is 0 Å². The maximum Gasteiger partial charge on any atom is 0.339 e. The highest BCUT2D eigenvalue weighted by molar-refractivity contribution is 7.98. The normalized spacial score (nSPS) is 12.6. The molecule has 1 unspecified atom stereocenters. The van der Waals surface area contributed by atoms with Crippen molar-refractivity contribution in [1.29, 1.82) is 0 Å². The van der Waals surface area contributed by atoms with E-state index in [9.17, 15) is 9.90 Å². The van der Waals surface area contributed by atoms with Crippen LogP contribution in [0.25, 0.3) is 11.0 Å². The van der Waals surface area contributed by atoms with Gasteiger partial charge in [0.15, 0.2) is 5.65 Å². The Hall–Kier alpha value is -1.76. The zero-order chi connectivity index (χ0) is 14.0. The lowest BCUT2D eigenvalue weighted by atomic mass is 10.1. The molecule has 6 nitrogen and oxygen atoms in total. The number of carboxylic acid groups (broad SMARTS) is 1. The Balaban J connectivity index is 2.52. The average Bonchev–Trinajstić information content (AvgIpc) is 2.72. The molecule has 2 heterocycles. The molecular weight excluding hydrogens is 264 g/mol. The molecule has 1 atom stereocenters. The summed E-state index contributed by atoms with van der Waals surface area (Å²) in [6, 6.07) is 0.166. The number of rotatable bonds is 5. The third kappa shape index (κ3) is 2.65. The molecule has 0 bridgehead atoms. The molecule has 2 N–H and O–H groups in total. The van der Waals surface area contributed by atoms with Gasteiger partial charge >= 0.3 is 5.97 Å². The van der Waals surface area contributed by atoms with Crippen molar-refractivity contribution in [1.82, 2.24) is 14.8 Å². The molecule has 0 aliphatic carbocycles. The summed E-state index contributed by atoms with van der Waals surface area (Å²) in [4.78, 5) is 15.4. The SMILES string of the molecule is CSCC(C)Nc1c(C(=O)O)cnc2c1cnn2C. The highest BCUT2D eigenvalue weighted by Crippen LogP contribution is 2.26. The summed E-state index contributed by atoms with van der Waals surface area (Å²) in [7, 11) is 1.78. The number of aromatic carboxylic acids is 1. The molecule has 2 rings (SSSR count). The number of anilines is 1. The van der Waals surface area contributed by atoms with E-state index in [1.165, 1.54) is 6.20 Å². The number of carbonyl (C=O) groups is 1. The zero-order valence-electron chi connectivity index (χ0n) is 11.0. The molecule has 0 amide bonds. The minimum atomic E-state index is -0.989. The van der Waals surface area contributed by atoms with Gasteiger partial charge in [-0.15, -0.1) is 0 Å². The van der Waals surface area contributed by atoms with Crippen LogP contribution >= 0.6 is 11.8 Å². The van der Waals surface area contributed by atoms with Gasteiger partial charge in [0.1, 0.15) is 5.56 Å². The number of carboxylic acids is 1. The molecule has 2 aromatic rings. The molecule has 0 spiro atoms.